The Morgan fingerprint density at radius 2 is 1.27 bits per heavy atom. The van der Waals surface area contributed by atoms with Crippen molar-refractivity contribution in [3.8, 4) is 22.3 Å². The lowest BCUT2D eigenvalue weighted by atomic mass is 9.79. The van der Waals surface area contributed by atoms with Crippen LogP contribution in [-0.2, 0) is 0 Å². The van der Waals surface area contributed by atoms with Crippen LogP contribution < -0.4 is 4.90 Å². The molecule has 7 aromatic rings. The fourth-order valence-electron chi connectivity index (χ4n) is 7.85. The average molecular weight is 562 g/mol. The summed E-state index contributed by atoms with van der Waals surface area (Å²) in [5.74, 6) is 0. The molecule has 206 valence electrons. The summed E-state index contributed by atoms with van der Waals surface area (Å²) < 4.78 is 6.58. The first-order valence-electron chi connectivity index (χ1n) is 15.4. The van der Waals surface area contributed by atoms with Crippen LogP contribution in [0.2, 0.25) is 0 Å². The molecule has 0 N–H and O–H groups in total. The van der Waals surface area contributed by atoms with Crippen LogP contribution in [0.4, 0.5) is 17.1 Å². The maximum absolute atomic E-state index is 6.58. The van der Waals surface area contributed by atoms with Crippen molar-refractivity contribution < 1.29 is 4.42 Å². The lowest BCUT2D eigenvalue weighted by Gasteiger charge is -2.28. The molecule has 1 heterocycles. The Morgan fingerprint density at radius 3 is 2.20 bits per heavy atom. The normalized spacial score (nSPS) is 14.2. The van der Waals surface area contributed by atoms with Gasteiger partial charge in [0.2, 0.25) is 0 Å². The molecule has 3 aliphatic rings. The third-order valence-corrected chi connectivity index (χ3v) is 9.65. The molecule has 3 aliphatic carbocycles. The molecule has 2 nitrogen and oxygen atoms in total. The summed E-state index contributed by atoms with van der Waals surface area (Å²) in [4.78, 5) is 2.36. The maximum Gasteiger partial charge on any atom is 0.159 e. The predicted octanol–water partition coefficient (Wildman–Crippen LogP) is 11.8. The zero-order valence-electron chi connectivity index (χ0n) is 24.0. The summed E-state index contributed by atoms with van der Waals surface area (Å²) in [7, 11) is 0. The monoisotopic (exact) mass is 561 g/mol. The van der Waals surface area contributed by atoms with Gasteiger partial charge in [-0.25, -0.2) is 0 Å². The number of hydrogen-bond acceptors (Lipinski definition) is 2. The maximum atomic E-state index is 6.58. The molecule has 0 radical (unpaired) electrons. The first-order chi connectivity index (χ1) is 21.8. The second-order valence-electron chi connectivity index (χ2n) is 11.9. The van der Waals surface area contributed by atoms with Gasteiger partial charge in [-0.1, -0.05) is 103 Å². The smallest absolute Gasteiger partial charge is 0.159 e. The van der Waals surface area contributed by atoms with Crippen molar-refractivity contribution >= 4 is 55.7 Å². The van der Waals surface area contributed by atoms with Gasteiger partial charge in [0.05, 0.1) is 5.69 Å². The van der Waals surface area contributed by atoms with Crippen LogP contribution in [0.1, 0.15) is 29.5 Å². The Labute approximate surface area is 255 Å². The van der Waals surface area contributed by atoms with Gasteiger partial charge in [0, 0.05) is 22.1 Å². The summed E-state index contributed by atoms with van der Waals surface area (Å²) in [6.45, 7) is 0. The topological polar surface area (TPSA) is 16.4 Å². The molecule has 6 aromatic carbocycles. The number of benzene rings is 6. The van der Waals surface area contributed by atoms with E-state index in [1.807, 2.05) is 6.07 Å². The highest BCUT2D eigenvalue weighted by atomic mass is 16.3. The molecule has 1 aromatic heterocycles. The molecule has 0 fully saturated rings. The van der Waals surface area contributed by atoms with E-state index in [1.54, 1.807) is 0 Å². The van der Waals surface area contributed by atoms with Gasteiger partial charge in [-0.15, -0.1) is 0 Å². The van der Waals surface area contributed by atoms with E-state index in [9.17, 15) is 0 Å². The zero-order valence-corrected chi connectivity index (χ0v) is 24.0. The Morgan fingerprint density at radius 1 is 0.523 bits per heavy atom. The summed E-state index contributed by atoms with van der Waals surface area (Å²) in [5.41, 5.74) is 18.6. The molecule has 2 heteroatoms. The number of furan rings is 1. The van der Waals surface area contributed by atoms with Gasteiger partial charge in [-0.2, -0.15) is 0 Å². The van der Waals surface area contributed by atoms with Crippen molar-refractivity contribution in [1.82, 2.24) is 0 Å². The van der Waals surface area contributed by atoms with Crippen molar-refractivity contribution in [2.75, 3.05) is 4.90 Å². The molecule has 0 saturated carbocycles. The number of nitrogens with zero attached hydrogens (tertiary/aromatic N) is 1. The SMILES string of the molecule is C1=C2C3=C(CC1)c1cccc(c1-c1cc(N(c4ccccc4)c4cccc5c4oc4ccccc45)ccc12)-c1ccccc13. The van der Waals surface area contributed by atoms with Crippen molar-refractivity contribution in [2.45, 2.75) is 12.8 Å². The molecule has 0 amide bonds. The fraction of sp³-hybridized carbons (Fsp3) is 0.0476. The Bertz CT molecular complexity index is 2390. The van der Waals surface area contributed by atoms with Crippen molar-refractivity contribution in [1.29, 1.82) is 0 Å². The number of allylic oxidation sites excluding steroid dienone is 4. The zero-order chi connectivity index (χ0) is 28.8. The van der Waals surface area contributed by atoms with Gasteiger partial charge < -0.3 is 9.32 Å². The van der Waals surface area contributed by atoms with E-state index in [-0.39, 0.29) is 0 Å². The van der Waals surface area contributed by atoms with Crippen LogP contribution in [0, 0.1) is 0 Å². The molecule has 0 unspecified atom stereocenters. The van der Waals surface area contributed by atoms with Gasteiger partial charge >= 0.3 is 0 Å². The minimum Gasteiger partial charge on any atom is -0.454 e. The van der Waals surface area contributed by atoms with Crippen molar-refractivity contribution in [3.63, 3.8) is 0 Å². The second-order valence-corrected chi connectivity index (χ2v) is 11.9. The number of rotatable bonds is 3. The molecule has 10 rings (SSSR count). The molecule has 0 saturated heterocycles. The quantitative estimate of drug-likeness (QED) is 0.213. The van der Waals surface area contributed by atoms with Crippen LogP contribution in [0.15, 0.2) is 144 Å². The van der Waals surface area contributed by atoms with Gasteiger partial charge in [-0.05, 0) is 105 Å². The van der Waals surface area contributed by atoms with Gasteiger partial charge in [-0.3, -0.25) is 0 Å². The highest BCUT2D eigenvalue weighted by molar-refractivity contribution is 6.25. The van der Waals surface area contributed by atoms with Gasteiger partial charge in [0.15, 0.2) is 5.58 Å². The van der Waals surface area contributed by atoms with E-state index >= 15 is 0 Å². The van der Waals surface area contributed by atoms with Crippen LogP contribution >= 0.6 is 0 Å². The van der Waals surface area contributed by atoms with E-state index < -0.39 is 0 Å². The van der Waals surface area contributed by atoms with Crippen LogP contribution in [0.25, 0.3) is 60.9 Å². The Balaban J connectivity index is 1.28. The summed E-state index contributed by atoms with van der Waals surface area (Å²) >= 11 is 0. The number of hydrogen-bond donors (Lipinski definition) is 0. The fourth-order valence-corrected chi connectivity index (χ4v) is 7.85. The minimum absolute atomic E-state index is 0.897. The first kappa shape index (κ1) is 23.9. The predicted molar refractivity (Wildman–Crippen MR) is 183 cm³/mol. The van der Waals surface area contributed by atoms with Crippen LogP contribution in [-0.4, -0.2) is 0 Å². The standard InChI is InChI=1S/C42H27NO/c1-2-11-26(12-3-1)43(38-21-10-20-36-30-14-6-7-22-39(30)44-42(36)38)27-23-24-29-33-17-9-18-34-35-19-8-16-32(41(35)37(29)25-27)28-13-4-5-15-31(28)40(33)34/h1-8,10-17,19-25H,9,18H2. The number of para-hydroxylation sites is 3. The van der Waals surface area contributed by atoms with E-state index in [0.29, 0.717) is 0 Å². The third kappa shape index (κ3) is 3.20. The first-order valence-corrected chi connectivity index (χ1v) is 15.4. The van der Waals surface area contributed by atoms with Crippen molar-refractivity contribution in [2.24, 2.45) is 0 Å². The highest BCUT2D eigenvalue weighted by Gasteiger charge is 2.34. The molecule has 0 atom stereocenters. The van der Waals surface area contributed by atoms with Crippen LogP contribution in [0.5, 0.6) is 0 Å². The molecular weight excluding hydrogens is 534 g/mol. The second kappa shape index (κ2) is 8.95. The van der Waals surface area contributed by atoms with E-state index in [2.05, 4.69) is 138 Å². The highest BCUT2D eigenvalue weighted by Crippen LogP contribution is 2.58. The summed E-state index contributed by atoms with van der Waals surface area (Å²) in [5, 5.41) is 2.26. The molecule has 44 heavy (non-hydrogen) atoms. The lowest BCUT2D eigenvalue weighted by Crippen LogP contribution is -2.11. The summed E-state index contributed by atoms with van der Waals surface area (Å²) in [6.07, 6.45) is 4.59. The van der Waals surface area contributed by atoms with Crippen molar-refractivity contribution in [3.05, 3.63) is 156 Å². The van der Waals surface area contributed by atoms with E-state index in [0.717, 1.165) is 51.8 Å². The van der Waals surface area contributed by atoms with E-state index in [1.165, 1.54) is 55.7 Å². The third-order valence-electron chi connectivity index (χ3n) is 9.65. The number of fused-ring (bicyclic) bond motifs is 7. The Hall–Kier alpha value is -5.60. The lowest BCUT2D eigenvalue weighted by molar-refractivity contribution is 0.669. The Kier molecular flexibility index (Phi) is 4.86. The largest absolute Gasteiger partial charge is 0.454 e. The minimum atomic E-state index is 0.897. The molecule has 0 spiro atoms. The molecule has 6 bridgehead atoms. The average Bonchev–Trinajstić information content (AvgIpc) is 3.42. The number of anilines is 3. The van der Waals surface area contributed by atoms with E-state index in [4.69, 9.17) is 4.42 Å². The van der Waals surface area contributed by atoms with Gasteiger partial charge in [0.25, 0.3) is 0 Å². The molecule has 0 aliphatic heterocycles. The molecular formula is C42H27NO. The summed E-state index contributed by atoms with van der Waals surface area (Å²) in [6, 6.07) is 48.4. The van der Waals surface area contributed by atoms with Gasteiger partial charge in [0.1, 0.15) is 5.58 Å². The van der Waals surface area contributed by atoms with Crippen LogP contribution in [0.3, 0.4) is 0 Å².